The summed E-state index contributed by atoms with van der Waals surface area (Å²) in [7, 11) is 0. The smallest absolute Gasteiger partial charge is 0.351 e. The summed E-state index contributed by atoms with van der Waals surface area (Å²) < 4.78 is 65.1. The van der Waals surface area contributed by atoms with Gasteiger partial charge in [0.05, 0.1) is 24.5 Å². The highest BCUT2D eigenvalue weighted by Gasteiger charge is 2.37. The Balaban J connectivity index is 1.76. The number of halogens is 5. The lowest BCUT2D eigenvalue weighted by molar-refractivity contribution is -0.127. The number of benzene rings is 2. The van der Waals surface area contributed by atoms with E-state index >= 15 is 0 Å². The molecule has 2 aromatic rings. The molecule has 0 aliphatic heterocycles. The predicted molar refractivity (Wildman–Crippen MR) is 93.6 cm³/mol. The van der Waals surface area contributed by atoms with E-state index in [0.29, 0.717) is 18.1 Å². The maximum Gasteiger partial charge on any atom is 0.401 e. The van der Waals surface area contributed by atoms with Gasteiger partial charge in [0.1, 0.15) is 11.6 Å². The highest BCUT2D eigenvalue weighted by molar-refractivity contribution is 5.83. The van der Waals surface area contributed by atoms with Gasteiger partial charge in [-0.15, -0.1) is 0 Å². The van der Waals surface area contributed by atoms with E-state index in [1.165, 1.54) is 13.0 Å². The molecule has 0 fully saturated rings. The fourth-order valence-corrected chi connectivity index (χ4v) is 3.51. The largest absolute Gasteiger partial charge is 0.401 e. The van der Waals surface area contributed by atoms with Crippen LogP contribution in [-0.2, 0) is 11.2 Å². The molecule has 2 N–H and O–H groups in total. The van der Waals surface area contributed by atoms with E-state index in [2.05, 4.69) is 10.6 Å². The van der Waals surface area contributed by atoms with Gasteiger partial charge in [0.15, 0.2) is 0 Å². The molecule has 1 amide bonds. The number of carbonyl (C=O) groups excluding carboxylic acids is 1. The Bertz CT molecular complexity index is 868. The zero-order chi connectivity index (χ0) is 20.5. The lowest BCUT2D eigenvalue weighted by Gasteiger charge is -2.25. The monoisotopic (exact) mass is 398 g/mol. The molecule has 3 nitrogen and oxygen atoms in total. The first-order valence-electron chi connectivity index (χ1n) is 8.79. The first kappa shape index (κ1) is 20.3. The molecule has 1 aliphatic carbocycles. The van der Waals surface area contributed by atoms with Crippen molar-refractivity contribution in [3.05, 3.63) is 70.8 Å². The van der Waals surface area contributed by atoms with Crippen LogP contribution in [0.2, 0.25) is 0 Å². The number of carbonyl (C=O) groups is 1. The first-order valence-corrected chi connectivity index (χ1v) is 8.79. The molecule has 2 aromatic carbocycles. The van der Waals surface area contributed by atoms with Crippen LogP contribution in [0.3, 0.4) is 0 Å². The van der Waals surface area contributed by atoms with Crippen LogP contribution in [0.1, 0.15) is 35.6 Å². The molecule has 3 atom stereocenters. The Kier molecular flexibility index (Phi) is 5.69. The highest BCUT2D eigenvalue weighted by Crippen LogP contribution is 2.33. The summed E-state index contributed by atoms with van der Waals surface area (Å²) in [6.07, 6.45) is -4.04. The molecule has 1 aliphatic rings. The number of amides is 1. The normalized spacial score (nSPS) is 19.9. The minimum absolute atomic E-state index is 0.0224. The second-order valence-electron chi connectivity index (χ2n) is 6.88. The fraction of sp³-hybridized carbons (Fsp3) is 0.350. The Morgan fingerprint density at radius 2 is 1.89 bits per heavy atom. The van der Waals surface area contributed by atoms with Crippen molar-refractivity contribution in [1.29, 1.82) is 0 Å². The Morgan fingerprint density at radius 1 is 1.18 bits per heavy atom. The number of rotatable bonds is 5. The Hall–Kier alpha value is -2.48. The molecule has 0 saturated heterocycles. The van der Waals surface area contributed by atoms with Crippen LogP contribution < -0.4 is 10.6 Å². The summed E-state index contributed by atoms with van der Waals surface area (Å²) >= 11 is 0. The van der Waals surface area contributed by atoms with Gasteiger partial charge < -0.3 is 5.32 Å². The van der Waals surface area contributed by atoms with Crippen molar-refractivity contribution in [3.8, 4) is 0 Å². The van der Waals surface area contributed by atoms with Gasteiger partial charge in [-0.05, 0) is 30.5 Å². The van der Waals surface area contributed by atoms with Crippen molar-refractivity contribution in [1.82, 2.24) is 10.6 Å². The van der Waals surface area contributed by atoms with Crippen molar-refractivity contribution in [3.63, 3.8) is 0 Å². The third-order valence-corrected chi connectivity index (χ3v) is 4.90. The Morgan fingerprint density at radius 3 is 2.57 bits per heavy atom. The predicted octanol–water partition coefficient (Wildman–Crippen LogP) is 4.00. The minimum Gasteiger partial charge on any atom is -0.351 e. The molecule has 0 bridgehead atoms. The van der Waals surface area contributed by atoms with Gasteiger partial charge in [-0.25, -0.2) is 8.78 Å². The second kappa shape index (κ2) is 7.87. The molecule has 28 heavy (non-hydrogen) atoms. The van der Waals surface area contributed by atoms with Crippen molar-refractivity contribution in [2.45, 2.75) is 37.5 Å². The van der Waals surface area contributed by atoms with E-state index < -0.39 is 48.3 Å². The molecule has 0 unspecified atom stereocenters. The van der Waals surface area contributed by atoms with Gasteiger partial charge >= 0.3 is 6.18 Å². The van der Waals surface area contributed by atoms with Crippen molar-refractivity contribution in [2.24, 2.45) is 0 Å². The van der Waals surface area contributed by atoms with E-state index in [0.717, 1.165) is 11.6 Å². The van der Waals surface area contributed by atoms with Gasteiger partial charge in [0.25, 0.3) is 0 Å². The van der Waals surface area contributed by atoms with Crippen molar-refractivity contribution >= 4 is 5.91 Å². The van der Waals surface area contributed by atoms with E-state index in [4.69, 9.17) is 0 Å². The molecular weight excluding hydrogens is 379 g/mol. The molecular formula is C20H19F5N2O. The maximum absolute atomic E-state index is 14.0. The highest BCUT2D eigenvalue weighted by atomic mass is 19.4. The van der Waals surface area contributed by atoms with Gasteiger partial charge in [-0.2, -0.15) is 13.2 Å². The van der Waals surface area contributed by atoms with Crippen molar-refractivity contribution < 1.29 is 26.7 Å². The van der Waals surface area contributed by atoms with Gasteiger partial charge in [0, 0.05) is 11.6 Å². The number of nitrogens with one attached hydrogen (secondary N) is 2. The van der Waals surface area contributed by atoms with Crippen LogP contribution in [0.5, 0.6) is 0 Å². The summed E-state index contributed by atoms with van der Waals surface area (Å²) in [5, 5.41) is 5.19. The summed E-state index contributed by atoms with van der Waals surface area (Å²) in [5.74, 6) is -3.06. The van der Waals surface area contributed by atoms with Gasteiger partial charge in [0.2, 0.25) is 5.91 Å². The summed E-state index contributed by atoms with van der Waals surface area (Å²) in [5.41, 5.74) is 1.56. The number of hydrogen-bond donors (Lipinski definition) is 2. The van der Waals surface area contributed by atoms with E-state index in [-0.39, 0.29) is 5.56 Å². The standard InChI is InChI=1S/C20H19F5N2O/c1-11(14-7-6-13(21)9-16(14)22)19(28)27-17-8-12-4-2-3-5-15(12)18(17)26-10-20(23,24)25/h2-7,9,11,17-18,26H,8,10H2,1H3,(H,27,28)/t11-,17-,18-/m0/s1. The van der Waals surface area contributed by atoms with Crippen molar-refractivity contribution in [2.75, 3.05) is 6.54 Å². The number of hydrogen-bond acceptors (Lipinski definition) is 2. The molecule has 150 valence electrons. The van der Waals surface area contributed by atoms with E-state index in [1.807, 2.05) is 0 Å². The van der Waals surface area contributed by atoms with Crippen LogP contribution in [0.4, 0.5) is 22.0 Å². The van der Waals surface area contributed by atoms with Crippen LogP contribution in [0, 0.1) is 11.6 Å². The molecule has 0 aromatic heterocycles. The molecule has 0 spiro atoms. The first-order chi connectivity index (χ1) is 13.2. The quantitative estimate of drug-likeness (QED) is 0.748. The van der Waals surface area contributed by atoms with E-state index in [1.54, 1.807) is 24.3 Å². The molecule has 0 heterocycles. The van der Waals surface area contributed by atoms with Gasteiger partial charge in [-0.3, -0.25) is 10.1 Å². The second-order valence-corrected chi connectivity index (χ2v) is 6.88. The van der Waals surface area contributed by atoms with Gasteiger partial charge in [-0.1, -0.05) is 30.3 Å². The van der Waals surface area contributed by atoms with Crippen LogP contribution in [0.15, 0.2) is 42.5 Å². The molecule has 0 saturated carbocycles. The third kappa shape index (κ3) is 4.49. The zero-order valence-corrected chi connectivity index (χ0v) is 15.0. The lowest BCUT2D eigenvalue weighted by atomic mass is 9.98. The SMILES string of the molecule is C[C@H](C(=O)N[C@H]1Cc2ccccc2[C@@H]1NCC(F)(F)F)c1ccc(F)cc1F. The maximum atomic E-state index is 14.0. The van der Waals surface area contributed by atoms with Crippen LogP contribution in [0.25, 0.3) is 0 Å². The summed E-state index contributed by atoms with van der Waals surface area (Å²) in [4.78, 5) is 12.6. The third-order valence-electron chi connectivity index (χ3n) is 4.90. The zero-order valence-electron chi connectivity index (χ0n) is 15.0. The Labute approximate surface area is 158 Å². The van der Waals surface area contributed by atoms with Crippen LogP contribution in [-0.4, -0.2) is 24.7 Å². The van der Waals surface area contributed by atoms with E-state index in [9.17, 15) is 26.7 Å². The summed E-state index contributed by atoms with van der Waals surface area (Å²) in [6.45, 7) is 0.270. The molecule has 8 heteroatoms. The fourth-order valence-electron chi connectivity index (χ4n) is 3.51. The number of fused-ring (bicyclic) bond motifs is 1. The average Bonchev–Trinajstić information content (AvgIpc) is 2.96. The molecule has 3 rings (SSSR count). The summed E-state index contributed by atoms with van der Waals surface area (Å²) in [6, 6.07) is 8.63. The number of alkyl halides is 3. The molecule has 0 radical (unpaired) electrons. The topological polar surface area (TPSA) is 41.1 Å². The van der Waals surface area contributed by atoms with Crippen LogP contribution >= 0.6 is 0 Å². The minimum atomic E-state index is -4.39. The average molecular weight is 398 g/mol. The lowest BCUT2D eigenvalue weighted by Crippen LogP contribution is -2.46.